The molecule has 7 heteroatoms. The van der Waals surface area contributed by atoms with Crippen LogP contribution in [0, 0.1) is 5.92 Å². The summed E-state index contributed by atoms with van der Waals surface area (Å²) in [4.78, 5) is 28.1. The minimum Gasteiger partial charge on any atom is -0.477 e. The molecule has 7 nitrogen and oxygen atoms in total. The standard InChI is InChI=1S/C27H27NO6/c29-19-7-9-27(31)21-13-18-4-5-20(33-22(30)6-3-17-8-12-32-15-17)24-23(18)26(27,25(19)34-24)10-11-28(21)14-16-1-2-16/h3-6,8,12,15-16,21,25,31H,1-2,7,9-11,13-14H2/b6-3+/t21-,25+,26+,27-/m1/s1. The van der Waals surface area contributed by atoms with Crippen molar-refractivity contribution < 1.29 is 28.6 Å². The van der Waals surface area contributed by atoms with E-state index < -0.39 is 23.1 Å². The molecular weight excluding hydrogens is 434 g/mol. The molecular formula is C27H27NO6. The van der Waals surface area contributed by atoms with Crippen molar-refractivity contribution in [2.24, 2.45) is 5.92 Å². The van der Waals surface area contributed by atoms with Gasteiger partial charge in [-0.2, -0.15) is 0 Å². The molecule has 2 bridgehead atoms. The van der Waals surface area contributed by atoms with E-state index in [0.717, 1.165) is 35.7 Å². The summed E-state index contributed by atoms with van der Waals surface area (Å²) in [6, 6.07) is 5.47. The average Bonchev–Trinajstić information content (AvgIpc) is 3.33. The molecule has 2 aromatic rings. The number of rotatable bonds is 5. The summed E-state index contributed by atoms with van der Waals surface area (Å²) in [5.74, 6) is 0.976. The van der Waals surface area contributed by atoms with Crippen LogP contribution in [0.1, 0.15) is 48.8 Å². The number of likely N-dealkylation sites (tertiary alicyclic amines) is 1. The molecule has 1 saturated heterocycles. The lowest BCUT2D eigenvalue weighted by atomic mass is 9.49. The van der Waals surface area contributed by atoms with Crippen LogP contribution in [0.2, 0.25) is 0 Å². The van der Waals surface area contributed by atoms with Crippen molar-refractivity contribution in [2.45, 2.75) is 61.7 Å². The Morgan fingerprint density at radius 2 is 2.15 bits per heavy atom. The Balaban J connectivity index is 1.28. The van der Waals surface area contributed by atoms with Crippen molar-refractivity contribution in [3.8, 4) is 11.5 Å². The Morgan fingerprint density at radius 3 is 2.94 bits per heavy atom. The van der Waals surface area contributed by atoms with E-state index in [1.807, 2.05) is 6.07 Å². The van der Waals surface area contributed by atoms with Crippen LogP contribution in [0.4, 0.5) is 0 Å². The zero-order valence-electron chi connectivity index (χ0n) is 18.9. The van der Waals surface area contributed by atoms with Crippen LogP contribution in [-0.2, 0) is 21.4 Å². The van der Waals surface area contributed by atoms with E-state index in [1.165, 1.54) is 31.4 Å². The third-order valence-corrected chi connectivity index (χ3v) is 8.71. The minimum atomic E-state index is -1.03. The van der Waals surface area contributed by atoms with Gasteiger partial charge in [0.25, 0.3) is 0 Å². The fourth-order valence-corrected chi connectivity index (χ4v) is 7.01. The monoisotopic (exact) mass is 461 g/mol. The Morgan fingerprint density at radius 1 is 1.26 bits per heavy atom. The second-order valence-corrected chi connectivity index (χ2v) is 10.5. The molecule has 0 radical (unpaired) electrons. The SMILES string of the molecule is O=C(/C=C/c1ccoc1)Oc1ccc2c3c1O[C@H]1C(=O)CC[C@@]4(O)[C@@H](C2)N(CC2CC2)CC[C@]314. The summed E-state index contributed by atoms with van der Waals surface area (Å²) in [5, 5.41) is 12.3. The van der Waals surface area contributed by atoms with Gasteiger partial charge in [-0.1, -0.05) is 6.07 Å². The van der Waals surface area contributed by atoms with Crippen molar-refractivity contribution in [3.05, 3.63) is 53.5 Å². The first-order chi connectivity index (χ1) is 16.5. The van der Waals surface area contributed by atoms with Crippen molar-refractivity contribution in [3.63, 3.8) is 0 Å². The summed E-state index contributed by atoms with van der Waals surface area (Å²) in [6.45, 7) is 1.86. The normalized spacial score (nSPS) is 33.6. The van der Waals surface area contributed by atoms with Crippen LogP contribution in [-0.4, -0.2) is 52.6 Å². The van der Waals surface area contributed by atoms with Gasteiger partial charge in [-0.05, 0) is 68.3 Å². The van der Waals surface area contributed by atoms with E-state index in [1.54, 1.807) is 18.2 Å². The van der Waals surface area contributed by atoms with Crippen molar-refractivity contribution in [1.82, 2.24) is 4.90 Å². The Bertz CT molecular complexity index is 1210. The molecule has 7 rings (SSSR count). The number of benzene rings is 1. The number of carbonyl (C=O) groups excluding carboxylic acids is 2. The molecule has 1 spiro atoms. The summed E-state index contributed by atoms with van der Waals surface area (Å²) >= 11 is 0. The van der Waals surface area contributed by atoms with Crippen molar-refractivity contribution in [2.75, 3.05) is 13.1 Å². The van der Waals surface area contributed by atoms with Gasteiger partial charge in [0.1, 0.15) is 0 Å². The maximum Gasteiger partial charge on any atom is 0.336 e. The first kappa shape index (κ1) is 20.5. The van der Waals surface area contributed by atoms with Gasteiger partial charge in [0.2, 0.25) is 0 Å². The molecule has 1 N–H and O–H groups in total. The third-order valence-electron chi connectivity index (χ3n) is 8.71. The second kappa shape index (κ2) is 7.06. The molecule has 4 atom stereocenters. The number of hydrogen-bond acceptors (Lipinski definition) is 7. The predicted molar refractivity (Wildman–Crippen MR) is 122 cm³/mol. The lowest BCUT2D eigenvalue weighted by Gasteiger charge is -2.62. The number of furan rings is 1. The quantitative estimate of drug-likeness (QED) is 0.416. The van der Waals surface area contributed by atoms with Crippen LogP contribution in [0.5, 0.6) is 11.5 Å². The van der Waals surface area contributed by atoms with E-state index in [4.69, 9.17) is 13.9 Å². The predicted octanol–water partition coefficient (Wildman–Crippen LogP) is 3.03. The number of aliphatic hydroxyl groups is 1. The molecule has 1 aromatic heterocycles. The van der Waals surface area contributed by atoms with Gasteiger partial charge < -0.3 is 19.0 Å². The molecule has 2 saturated carbocycles. The lowest BCUT2D eigenvalue weighted by molar-refractivity contribution is -0.188. The second-order valence-electron chi connectivity index (χ2n) is 10.5. The summed E-state index contributed by atoms with van der Waals surface area (Å²) < 4.78 is 17.0. The zero-order chi connectivity index (χ0) is 23.1. The summed E-state index contributed by atoms with van der Waals surface area (Å²) in [6.07, 6.45) is 9.97. The molecule has 1 aromatic carbocycles. The lowest BCUT2D eigenvalue weighted by Crippen LogP contribution is -2.76. The van der Waals surface area contributed by atoms with Crippen LogP contribution < -0.4 is 9.47 Å². The molecule has 3 aliphatic carbocycles. The number of esters is 1. The Labute approximate surface area is 197 Å². The number of ketones is 1. The van der Waals surface area contributed by atoms with Crippen LogP contribution in [0.25, 0.3) is 6.08 Å². The molecule has 5 aliphatic rings. The number of carbonyl (C=O) groups is 2. The number of nitrogens with zero attached hydrogens (tertiary/aromatic N) is 1. The van der Waals surface area contributed by atoms with Gasteiger partial charge >= 0.3 is 5.97 Å². The molecule has 2 aliphatic heterocycles. The molecule has 3 heterocycles. The molecule has 3 fully saturated rings. The minimum absolute atomic E-state index is 0.0224. The first-order valence-electron chi connectivity index (χ1n) is 12.2. The van der Waals surface area contributed by atoms with Gasteiger partial charge in [-0.25, -0.2) is 4.79 Å². The summed E-state index contributed by atoms with van der Waals surface area (Å²) in [7, 11) is 0. The van der Waals surface area contributed by atoms with Gasteiger partial charge in [0.05, 0.1) is 23.5 Å². The van der Waals surface area contributed by atoms with Crippen molar-refractivity contribution >= 4 is 17.8 Å². The van der Waals surface area contributed by atoms with Crippen LogP contribution in [0.3, 0.4) is 0 Å². The third kappa shape index (κ3) is 2.71. The Kier molecular flexibility index (Phi) is 4.25. The smallest absolute Gasteiger partial charge is 0.336 e. The highest BCUT2D eigenvalue weighted by molar-refractivity contribution is 5.91. The molecule has 176 valence electrons. The van der Waals surface area contributed by atoms with E-state index in [9.17, 15) is 14.7 Å². The van der Waals surface area contributed by atoms with Gasteiger partial charge in [-0.15, -0.1) is 0 Å². The molecule has 0 amide bonds. The van der Waals surface area contributed by atoms with Gasteiger partial charge in [0, 0.05) is 36.2 Å². The van der Waals surface area contributed by atoms with E-state index >= 15 is 0 Å². The van der Waals surface area contributed by atoms with Crippen LogP contribution in [0.15, 0.2) is 41.2 Å². The maximum atomic E-state index is 13.1. The van der Waals surface area contributed by atoms with Gasteiger partial charge in [0.15, 0.2) is 23.4 Å². The average molecular weight is 462 g/mol. The zero-order valence-corrected chi connectivity index (χ0v) is 18.9. The fourth-order valence-electron chi connectivity index (χ4n) is 7.01. The number of piperidine rings is 1. The fraction of sp³-hybridized carbons (Fsp3) is 0.481. The first-order valence-corrected chi connectivity index (χ1v) is 12.2. The van der Waals surface area contributed by atoms with Gasteiger partial charge in [-0.3, -0.25) is 9.69 Å². The number of Topliss-reactive ketones (excluding diaryl/α,β-unsaturated/α-hetero) is 1. The highest BCUT2D eigenvalue weighted by Crippen LogP contribution is 2.65. The van der Waals surface area contributed by atoms with Crippen LogP contribution >= 0.6 is 0 Å². The summed E-state index contributed by atoms with van der Waals surface area (Å²) in [5.41, 5.74) is 0.939. The highest BCUT2D eigenvalue weighted by Gasteiger charge is 2.73. The topological polar surface area (TPSA) is 89.2 Å². The largest absolute Gasteiger partial charge is 0.477 e. The maximum absolute atomic E-state index is 13.1. The Hall–Kier alpha value is -2.90. The number of ether oxygens (including phenoxy) is 2. The number of hydrogen-bond donors (Lipinski definition) is 1. The highest BCUT2D eigenvalue weighted by atomic mass is 16.6. The molecule has 0 unspecified atom stereocenters. The van der Waals surface area contributed by atoms with E-state index in [2.05, 4.69) is 4.90 Å². The van der Waals surface area contributed by atoms with E-state index in [0.29, 0.717) is 37.2 Å². The molecule has 34 heavy (non-hydrogen) atoms. The van der Waals surface area contributed by atoms with Crippen molar-refractivity contribution in [1.29, 1.82) is 0 Å². The van der Waals surface area contributed by atoms with E-state index in [-0.39, 0.29) is 11.8 Å².